The van der Waals surface area contributed by atoms with Gasteiger partial charge >= 0.3 is 39.5 Å². The average molecular weight is 1450 g/mol. The number of carbonyl (C=O) groups excluding carboxylic acids is 4. The summed E-state index contributed by atoms with van der Waals surface area (Å²) in [5.74, 6) is 0.983. The second-order valence-electron chi connectivity index (χ2n) is 30.2. The van der Waals surface area contributed by atoms with Gasteiger partial charge in [-0.3, -0.25) is 37.3 Å². The molecule has 0 fully saturated rings. The van der Waals surface area contributed by atoms with Gasteiger partial charge in [-0.05, 0) is 49.4 Å². The fraction of sp³-hybridized carbons (Fsp3) is 0.950. The number of aliphatic hydroxyl groups is 1. The van der Waals surface area contributed by atoms with Gasteiger partial charge in [-0.15, -0.1) is 0 Å². The summed E-state index contributed by atoms with van der Waals surface area (Å²) in [5.41, 5.74) is 0. The molecule has 7 atom stereocenters. The van der Waals surface area contributed by atoms with E-state index in [1.807, 2.05) is 0 Å². The van der Waals surface area contributed by atoms with Gasteiger partial charge in [0.1, 0.15) is 19.3 Å². The van der Waals surface area contributed by atoms with Gasteiger partial charge in [0, 0.05) is 25.7 Å². The van der Waals surface area contributed by atoms with E-state index in [0.29, 0.717) is 31.6 Å². The van der Waals surface area contributed by atoms with E-state index in [1.165, 1.54) is 199 Å². The lowest BCUT2D eigenvalue weighted by molar-refractivity contribution is -0.161. The SMILES string of the molecule is CCC(C)CCCCCCCCCCCCCCCCC(=O)O[C@H](COC(=O)CCCCCCCCC(C)CC)COP(=O)(O)OCC(O)COP(=O)(O)OC[C@@H](COC(=O)CCCCCCCCCC(C)C)OC(=O)CCCCCCCCCCCCCCCCCCCCC(C)C. The number of ether oxygens (including phenoxy) is 4. The second-order valence-corrected chi connectivity index (χ2v) is 33.1. The van der Waals surface area contributed by atoms with Crippen LogP contribution in [0.4, 0.5) is 0 Å². The van der Waals surface area contributed by atoms with Gasteiger partial charge in [-0.1, -0.05) is 357 Å². The number of esters is 4. The highest BCUT2D eigenvalue weighted by Crippen LogP contribution is 2.45. The van der Waals surface area contributed by atoms with Crippen LogP contribution in [0, 0.1) is 23.7 Å². The quantitative estimate of drug-likeness (QED) is 0.0222. The minimum absolute atomic E-state index is 0.106. The van der Waals surface area contributed by atoms with Crippen molar-refractivity contribution < 1.29 is 80.2 Å². The molecule has 0 aliphatic carbocycles. The summed E-state index contributed by atoms with van der Waals surface area (Å²) in [7, 11) is -9.92. The minimum atomic E-state index is -4.96. The predicted molar refractivity (Wildman–Crippen MR) is 404 cm³/mol. The number of hydrogen-bond acceptors (Lipinski definition) is 15. The maximum absolute atomic E-state index is 13.1. The molecule has 17 nitrogen and oxygen atoms in total. The first-order chi connectivity index (χ1) is 47.7. The van der Waals surface area contributed by atoms with Crippen molar-refractivity contribution in [2.75, 3.05) is 39.6 Å². The Bertz CT molecular complexity index is 1940. The van der Waals surface area contributed by atoms with E-state index in [9.17, 15) is 43.2 Å². The van der Waals surface area contributed by atoms with Gasteiger partial charge in [0.25, 0.3) is 0 Å². The molecule has 0 spiro atoms. The van der Waals surface area contributed by atoms with Crippen LogP contribution in [0.25, 0.3) is 0 Å². The van der Waals surface area contributed by atoms with Gasteiger partial charge in [-0.25, -0.2) is 9.13 Å². The third-order valence-corrected chi connectivity index (χ3v) is 21.2. The lowest BCUT2D eigenvalue weighted by atomic mass is 9.99. The van der Waals surface area contributed by atoms with Crippen molar-refractivity contribution in [2.24, 2.45) is 23.7 Å². The Morgan fingerprint density at radius 2 is 0.485 bits per heavy atom. The van der Waals surface area contributed by atoms with Crippen LogP contribution in [0.2, 0.25) is 0 Å². The normalized spacial score (nSPS) is 14.6. The van der Waals surface area contributed by atoms with Crippen LogP contribution in [0.1, 0.15) is 409 Å². The Morgan fingerprint density at radius 3 is 0.717 bits per heavy atom. The highest BCUT2D eigenvalue weighted by atomic mass is 31.2. The van der Waals surface area contributed by atoms with Crippen molar-refractivity contribution in [3.8, 4) is 0 Å². The lowest BCUT2D eigenvalue weighted by Crippen LogP contribution is -2.30. The van der Waals surface area contributed by atoms with E-state index in [0.717, 1.165) is 120 Å². The van der Waals surface area contributed by atoms with Gasteiger partial charge in [-0.2, -0.15) is 0 Å². The van der Waals surface area contributed by atoms with E-state index in [4.69, 9.17) is 37.0 Å². The molecule has 588 valence electrons. The lowest BCUT2D eigenvalue weighted by Gasteiger charge is -2.21. The Hall–Kier alpha value is -1.94. The smallest absolute Gasteiger partial charge is 0.462 e. The Kier molecular flexibility index (Phi) is 67.8. The molecule has 0 aromatic carbocycles. The zero-order valence-electron chi connectivity index (χ0n) is 65.1. The van der Waals surface area contributed by atoms with Crippen LogP contribution in [0.5, 0.6) is 0 Å². The second kappa shape index (κ2) is 69.1. The van der Waals surface area contributed by atoms with Crippen molar-refractivity contribution in [2.45, 2.75) is 427 Å². The zero-order valence-corrected chi connectivity index (χ0v) is 66.9. The van der Waals surface area contributed by atoms with Gasteiger partial charge in [0.05, 0.1) is 26.4 Å². The fourth-order valence-electron chi connectivity index (χ4n) is 12.2. The van der Waals surface area contributed by atoms with Crippen molar-refractivity contribution >= 4 is 39.5 Å². The van der Waals surface area contributed by atoms with E-state index in [2.05, 4.69) is 55.4 Å². The first-order valence-corrected chi connectivity index (χ1v) is 44.3. The number of aliphatic hydroxyl groups excluding tert-OH is 1. The summed E-state index contributed by atoms with van der Waals surface area (Å²) in [6, 6.07) is 0. The van der Waals surface area contributed by atoms with Crippen LogP contribution in [-0.4, -0.2) is 96.7 Å². The molecule has 0 rings (SSSR count). The molecule has 0 radical (unpaired) electrons. The molecule has 0 heterocycles. The van der Waals surface area contributed by atoms with Gasteiger partial charge < -0.3 is 33.8 Å². The van der Waals surface area contributed by atoms with Crippen molar-refractivity contribution in [3.63, 3.8) is 0 Å². The van der Waals surface area contributed by atoms with Crippen molar-refractivity contribution in [1.82, 2.24) is 0 Å². The van der Waals surface area contributed by atoms with E-state index in [-0.39, 0.29) is 25.7 Å². The van der Waals surface area contributed by atoms with Crippen molar-refractivity contribution in [3.05, 3.63) is 0 Å². The molecule has 0 saturated heterocycles. The Labute approximate surface area is 607 Å². The van der Waals surface area contributed by atoms with Crippen LogP contribution in [0.3, 0.4) is 0 Å². The Morgan fingerprint density at radius 1 is 0.283 bits per heavy atom. The summed E-state index contributed by atoms with van der Waals surface area (Å²) in [5, 5.41) is 10.6. The van der Waals surface area contributed by atoms with Crippen molar-refractivity contribution in [1.29, 1.82) is 0 Å². The van der Waals surface area contributed by atoms with Crippen LogP contribution < -0.4 is 0 Å². The molecular formula is C80H156O17P2. The zero-order chi connectivity index (χ0) is 73.1. The van der Waals surface area contributed by atoms with Crippen LogP contribution in [-0.2, 0) is 65.4 Å². The molecule has 0 aromatic heterocycles. The molecule has 5 unspecified atom stereocenters. The number of hydrogen-bond donors (Lipinski definition) is 3. The summed E-state index contributed by atoms with van der Waals surface area (Å²) in [6.45, 7) is 14.2. The van der Waals surface area contributed by atoms with Gasteiger partial charge in [0.2, 0.25) is 0 Å². The molecular weight excluding hydrogens is 1290 g/mol. The molecule has 0 aliphatic heterocycles. The number of phosphoric acid groups is 2. The third kappa shape index (κ3) is 71.5. The first-order valence-electron chi connectivity index (χ1n) is 41.3. The molecule has 19 heteroatoms. The topological polar surface area (TPSA) is 237 Å². The average Bonchev–Trinajstić information content (AvgIpc) is 1.08. The Balaban J connectivity index is 5.17. The first kappa shape index (κ1) is 97.1. The molecule has 0 aliphatic rings. The number of rotatable bonds is 77. The molecule has 0 saturated carbocycles. The largest absolute Gasteiger partial charge is 0.472 e. The van der Waals surface area contributed by atoms with E-state index >= 15 is 0 Å². The predicted octanol–water partition coefficient (Wildman–Crippen LogP) is 23.6. The van der Waals surface area contributed by atoms with Gasteiger partial charge in [0.15, 0.2) is 12.2 Å². The molecule has 3 N–H and O–H groups in total. The minimum Gasteiger partial charge on any atom is -0.462 e. The van der Waals surface area contributed by atoms with Crippen LogP contribution >= 0.6 is 15.6 Å². The molecule has 0 aromatic rings. The number of phosphoric ester groups is 2. The molecule has 99 heavy (non-hydrogen) atoms. The maximum Gasteiger partial charge on any atom is 0.472 e. The number of carbonyl (C=O) groups is 4. The summed E-state index contributed by atoms with van der Waals surface area (Å²) >= 11 is 0. The van der Waals surface area contributed by atoms with E-state index in [1.54, 1.807) is 0 Å². The monoisotopic (exact) mass is 1450 g/mol. The third-order valence-electron chi connectivity index (χ3n) is 19.3. The summed E-state index contributed by atoms with van der Waals surface area (Å²) in [6.07, 6.45) is 55.7. The maximum atomic E-state index is 13.1. The molecule has 0 amide bonds. The fourth-order valence-corrected chi connectivity index (χ4v) is 13.8. The highest BCUT2D eigenvalue weighted by molar-refractivity contribution is 7.47. The highest BCUT2D eigenvalue weighted by Gasteiger charge is 2.30. The standard InChI is InChI=1S/C80H156O17P2/c1-9-72(7)58-50-42-34-28-24-20-17-18-22-26-30-36-47-55-63-80(85)97-76(67-91-78(83)61-53-45-39-38-43-51-59-73(8)10-2)69-95-99(88,89)93-65-74(81)64-92-98(86,87)94-68-75(66-90-77(82)60-52-44-37-31-33-41-49-57-71(5)6)96-79(84)62-54-46-35-29-25-21-16-14-12-11-13-15-19-23-27-32-40-48-56-70(3)4/h70-76,81H,9-69H2,1-8H3,(H,86,87)(H,88,89)/t72?,73?,74?,75-,76-/m1/s1. The molecule has 0 bridgehead atoms. The summed E-state index contributed by atoms with van der Waals surface area (Å²) < 4.78 is 68.6. The summed E-state index contributed by atoms with van der Waals surface area (Å²) in [4.78, 5) is 72.9. The van der Waals surface area contributed by atoms with Crippen LogP contribution in [0.15, 0.2) is 0 Å². The number of unbranched alkanes of at least 4 members (excludes halogenated alkanes) is 41. The van der Waals surface area contributed by atoms with E-state index < -0.39 is 97.5 Å².